The molecule has 1 aliphatic heterocycles. The van der Waals surface area contributed by atoms with E-state index in [1.165, 1.54) is 11.6 Å². The van der Waals surface area contributed by atoms with Crippen molar-refractivity contribution in [3.05, 3.63) is 59.7 Å². The molecule has 4 nitrogen and oxygen atoms in total. The summed E-state index contributed by atoms with van der Waals surface area (Å²) >= 11 is 0. The Bertz CT molecular complexity index is 818. The summed E-state index contributed by atoms with van der Waals surface area (Å²) in [5.41, 5.74) is 1.70. The van der Waals surface area contributed by atoms with Crippen molar-refractivity contribution in [2.24, 2.45) is 0 Å². The number of carbonyl (C=O) groups excluding carboxylic acids is 1. The van der Waals surface area contributed by atoms with Crippen LogP contribution in [-0.4, -0.2) is 43.6 Å². The van der Waals surface area contributed by atoms with Gasteiger partial charge >= 0.3 is 0 Å². The molecule has 156 valence electrons. The molecule has 0 spiro atoms. The second-order valence-corrected chi connectivity index (χ2v) is 7.39. The third kappa shape index (κ3) is 5.32. The standard InChI is InChI=1S/C23H28F2N2O2/c1-3-23(28)27(19-6-9-21(24)22(25)16-19)18-11-14-26(15-12-18)13-10-17-4-7-20(29-2)8-5-17/h4-9,16,18H,3,10-15H2,1-2H3. The Morgan fingerprint density at radius 3 is 2.38 bits per heavy atom. The Balaban J connectivity index is 1.59. The summed E-state index contributed by atoms with van der Waals surface area (Å²) in [6, 6.07) is 11.8. The van der Waals surface area contributed by atoms with Crippen LogP contribution in [0.1, 0.15) is 31.7 Å². The van der Waals surface area contributed by atoms with Gasteiger partial charge in [-0.05, 0) is 49.1 Å². The summed E-state index contributed by atoms with van der Waals surface area (Å²) in [4.78, 5) is 16.6. The highest BCUT2D eigenvalue weighted by molar-refractivity contribution is 5.93. The molecule has 0 saturated carbocycles. The summed E-state index contributed by atoms with van der Waals surface area (Å²) in [5.74, 6) is -1.03. The zero-order valence-electron chi connectivity index (χ0n) is 17.0. The fraction of sp³-hybridized carbons (Fsp3) is 0.435. The summed E-state index contributed by atoms with van der Waals surface area (Å²) in [6.07, 6.45) is 2.91. The molecule has 0 unspecified atom stereocenters. The van der Waals surface area contributed by atoms with Gasteiger partial charge in [-0.1, -0.05) is 19.1 Å². The van der Waals surface area contributed by atoms with Crippen LogP contribution in [0.3, 0.4) is 0 Å². The second-order valence-electron chi connectivity index (χ2n) is 7.39. The lowest BCUT2D eigenvalue weighted by Gasteiger charge is -2.38. The fourth-order valence-electron chi connectivity index (χ4n) is 3.84. The van der Waals surface area contributed by atoms with Crippen molar-refractivity contribution in [3.8, 4) is 5.75 Å². The molecule has 0 aromatic heterocycles. The van der Waals surface area contributed by atoms with Gasteiger partial charge in [0.05, 0.1) is 7.11 Å². The molecular weight excluding hydrogens is 374 g/mol. The van der Waals surface area contributed by atoms with Crippen LogP contribution in [0.2, 0.25) is 0 Å². The van der Waals surface area contributed by atoms with Gasteiger partial charge in [-0.15, -0.1) is 0 Å². The number of rotatable bonds is 7. The van der Waals surface area contributed by atoms with Crippen molar-refractivity contribution in [1.29, 1.82) is 0 Å². The number of hydrogen-bond acceptors (Lipinski definition) is 3. The molecule has 3 rings (SSSR count). The first-order valence-corrected chi connectivity index (χ1v) is 10.1. The van der Waals surface area contributed by atoms with E-state index >= 15 is 0 Å². The molecule has 0 bridgehead atoms. The molecule has 2 aromatic rings. The molecule has 1 amide bonds. The minimum atomic E-state index is -0.923. The minimum Gasteiger partial charge on any atom is -0.497 e. The van der Waals surface area contributed by atoms with Crippen LogP contribution in [0.25, 0.3) is 0 Å². The van der Waals surface area contributed by atoms with E-state index in [9.17, 15) is 13.6 Å². The maximum atomic E-state index is 13.7. The lowest BCUT2D eigenvalue weighted by molar-refractivity contribution is -0.119. The predicted molar refractivity (Wildman–Crippen MR) is 110 cm³/mol. The molecule has 0 atom stereocenters. The van der Waals surface area contributed by atoms with Crippen LogP contribution in [0.15, 0.2) is 42.5 Å². The highest BCUT2D eigenvalue weighted by Crippen LogP contribution is 2.26. The Hall–Kier alpha value is -2.47. The van der Waals surface area contributed by atoms with Gasteiger partial charge in [0.15, 0.2) is 11.6 Å². The first kappa shape index (κ1) is 21.2. The molecule has 1 aliphatic rings. The van der Waals surface area contributed by atoms with Gasteiger partial charge in [0, 0.05) is 43.9 Å². The molecule has 0 radical (unpaired) electrons. The number of hydrogen-bond donors (Lipinski definition) is 0. The third-order valence-corrected chi connectivity index (χ3v) is 5.55. The van der Waals surface area contributed by atoms with Crippen LogP contribution in [0.4, 0.5) is 14.5 Å². The van der Waals surface area contributed by atoms with Gasteiger partial charge < -0.3 is 14.5 Å². The first-order chi connectivity index (χ1) is 14.0. The lowest BCUT2D eigenvalue weighted by atomic mass is 10.0. The fourth-order valence-corrected chi connectivity index (χ4v) is 3.84. The van der Waals surface area contributed by atoms with Crippen molar-refractivity contribution in [1.82, 2.24) is 4.90 Å². The number of anilines is 1. The van der Waals surface area contributed by atoms with Gasteiger partial charge in [0.1, 0.15) is 5.75 Å². The number of likely N-dealkylation sites (tertiary alicyclic amines) is 1. The predicted octanol–water partition coefficient (Wildman–Crippen LogP) is 4.42. The SMILES string of the molecule is CCC(=O)N(c1ccc(F)c(F)c1)C1CCN(CCc2ccc(OC)cc2)CC1. The quantitative estimate of drug-likeness (QED) is 0.687. The van der Waals surface area contributed by atoms with Gasteiger partial charge in [0.2, 0.25) is 5.91 Å². The van der Waals surface area contributed by atoms with Gasteiger partial charge in [-0.25, -0.2) is 8.78 Å². The van der Waals surface area contributed by atoms with E-state index in [0.717, 1.165) is 56.8 Å². The molecular formula is C23H28F2N2O2. The highest BCUT2D eigenvalue weighted by Gasteiger charge is 2.28. The summed E-state index contributed by atoms with van der Waals surface area (Å²) in [6.45, 7) is 4.49. The lowest BCUT2D eigenvalue weighted by Crippen LogP contribution is -2.48. The molecule has 1 fully saturated rings. The Labute approximate surface area is 171 Å². The summed E-state index contributed by atoms with van der Waals surface area (Å²) < 4.78 is 32.2. The van der Waals surface area contributed by atoms with Crippen molar-refractivity contribution in [3.63, 3.8) is 0 Å². The number of benzene rings is 2. The largest absolute Gasteiger partial charge is 0.497 e. The highest BCUT2D eigenvalue weighted by atomic mass is 19.2. The van der Waals surface area contributed by atoms with Crippen molar-refractivity contribution in [2.45, 2.75) is 38.6 Å². The second kappa shape index (κ2) is 9.83. The normalized spacial score (nSPS) is 15.3. The van der Waals surface area contributed by atoms with E-state index in [1.54, 1.807) is 18.9 Å². The molecule has 1 heterocycles. The zero-order chi connectivity index (χ0) is 20.8. The number of nitrogens with zero attached hydrogens (tertiary/aromatic N) is 2. The van der Waals surface area contributed by atoms with Crippen molar-refractivity contribution >= 4 is 11.6 Å². The number of carbonyl (C=O) groups is 1. The van der Waals surface area contributed by atoms with Crippen molar-refractivity contribution in [2.75, 3.05) is 31.6 Å². The maximum Gasteiger partial charge on any atom is 0.226 e. The topological polar surface area (TPSA) is 32.8 Å². The first-order valence-electron chi connectivity index (χ1n) is 10.1. The van der Waals surface area contributed by atoms with Gasteiger partial charge in [-0.2, -0.15) is 0 Å². The number of halogens is 2. The Morgan fingerprint density at radius 2 is 1.79 bits per heavy atom. The third-order valence-electron chi connectivity index (χ3n) is 5.55. The van der Waals surface area contributed by atoms with Gasteiger partial charge in [0.25, 0.3) is 0 Å². The molecule has 0 aliphatic carbocycles. The summed E-state index contributed by atoms with van der Waals surface area (Å²) in [5, 5.41) is 0. The molecule has 0 N–H and O–H groups in total. The van der Waals surface area contributed by atoms with E-state index in [4.69, 9.17) is 4.74 Å². The van der Waals surface area contributed by atoms with E-state index < -0.39 is 11.6 Å². The molecule has 29 heavy (non-hydrogen) atoms. The summed E-state index contributed by atoms with van der Waals surface area (Å²) in [7, 11) is 1.66. The average Bonchev–Trinajstić information content (AvgIpc) is 2.76. The van der Waals surface area contributed by atoms with Crippen LogP contribution >= 0.6 is 0 Å². The molecule has 2 aromatic carbocycles. The monoisotopic (exact) mass is 402 g/mol. The Morgan fingerprint density at radius 1 is 1.10 bits per heavy atom. The number of piperidine rings is 1. The molecule has 1 saturated heterocycles. The van der Waals surface area contributed by atoms with E-state index in [-0.39, 0.29) is 11.9 Å². The van der Waals surface area contributed by atoms with Crippen LogP contribution in [-0.2, 0) is 11.2 Å². The smallest absolute Gasteiger partial charge is 0.226 e. The molecule has 6 heteroatoms. The van der Waals surface area contributed by atoms with E-state index in [1.807, 2.05) is 12.1 Å². The number of methoxy groups -OCH3 is 1. The van der Waals surface area contributed by atoms with Gasteiger partial charge in [-0.3, -0.25) is 4.79 Å². The number of amides is 1. The minimum absolute atomic E-state index is 0.00421. The van der Waals surface area contributed by atoms with Crippen LogP contribution < -0.4 is 9.64 Å². The van der Waals surface area contributed by atoms with Crippen LogP contribution in [0.5, 0.6) is 5.75 Å². The van der Waals surface area contributed by atoms with E-state index in [2.05, 4.69) is 17.0 Å². The number of ether oxygens (including phenoxy) is 1. The van der Waals surface area contributed by atoms with Crippen molar-refractivity contribution < 1.29 is 18.3 Å². The van der Waals surface area contributed by atoms with Crippen LogP contribution in [0, 0.1) is 11.6 Å². The zero-order valence-corrected chi connectivity index (χ0v) is 17.0. The Kier molecular flexibility index (Phi) is 7.20. The van der Waals surface area contributed by atoms with E-state index in [0.29, 0.717) is 12.1 Å². The average molecular weight is 402 g/mol. The maximum absolute atomic E-state index is 13.7.